The maximum atomic E-state index is 5.66. The van der Waals surface area contributed by atoms with E-state index < -0.39 is 0 Å². The summed E-state index contributed by atoms with van der Waals surface area (Å²) in [6, 6.07) is 8.51. The van der Waals surface area contributed by atoms with E-state index in [1.54, 1.807) is 0 Å². The number of unbranched alkanes of at least 4 members (excludes halogenated alkanes) is 3. The zero-order chi connectivity index (χ0) is 14.8. The Morgan fingerprint density at radius 1 is 1.05 bits per heavy atom. The summed E-state index contributed by atoms with van der Waals surface area (Å²) in [5.74, 6) is 1.57. The minimum atomic E-state index is 0.242. The van der Waals surface area contributed by atoms with Crippen LogP contribution < -0.4 is 4.74 Å². The Labute approximate surface area is 125 Å². The monoisotopic (exact) mass is 274 g/mol. The van der Waals surface area contributed by atoms with Crippen LogP contribution in [0.25, 0.3) is 0 Å². The topological polar surface area (TPSA) is 9.23 Å². The van der Waals surface area contributed by atoms with Crippen molar-refractivity contribution in [3.8, 4) is 5.75 Å². The molecular weight excluding hydrogens is 244 g/mol. The maximum absolute atomic E-state index is 5.66. The van der Waals surface area contributed by atoms with Crippen LogP contribution in [0, 0.1) is 5.92 Å². The van der Waals surface area contributed by atoms with Crippen molar-refractivity contribution in [1.29, 1.82) is 0 Å². The predicted octanol–water partition coefficient (Wildman–Crippen LogP) is 5.79. The first kappa shape index (κ1) is 16.8. The van der Waals surface area contributed by atoms with Gasteiger partial charge in [-0.05, 0) is 56.7 Å². The molecule has 0 radical (unpaired) electrons. The lowest BCUT2D eigenvalue weighted by Gasteiger charge is -2.11. The van der Waals surface area contributed by atoms with Gasteiger partial charge in [-0.3, -0.25) is 0 Å². The Hall–Kier alpha value is -1.24. The van der Waals surface area contributed by atoms with Gasteiger partial charge in [0.25, 0.3) is 0 Å². The van der Waals surface area contributed by atoms with E-state index in [4.69, 9.17) is 4.74 Å². The molecule has 112 valence electrons. The summed E-state index contributed by atoms with van der Waals surface area (Å²) in [7, 11) is 0. The molecule has 1 heteroatoms. The lowest BCUT2D eigenvalue weighted by molar-refractivity contribution is 0.242. The van der Waals surface area contributed by atoms with Gasteiger partial charge in [0.2, 0.25) is 0 Å². The van der Waals surface area contributed by atoms with Crippen molar-refractivity contribution in [2.24, 2.45) is 5.92 Å². The first-order valence-corrected chi connectivity index (χ1v) is 8.04. The molecular formula is C19H30O. The molecule has 0 amide bonds. The summed E-state index contributed by atoms with van der Waals surface area (Å²) in [6.07, 6.45) is 11.2. The van der Waals surface area contributed by atoms with Gasteiger partial charge in [-0.2, -0.15) is 0 Å². The lowest BCUT2D eigenvalue weighted by Crippen LogP contribution is -2.05. The molecule has 0 heterocycles. The highest BCUT2D eigenvalue weighted by molar-refractivity contribution is 5.28. The number of hydrogen-bond donors (Lipinski definition) is 0. The molecule has 0 aromatic heterocycles. The van der Waals surface area contributed by atoms with Crippen LogP contribution in [-0.4, -0.2) is 6.10 Å². The van der Waals surface area contributed by atoms with Crippen molar-refractivity contribution >= 4 is 0 Å². The van der Waals surface area contributed by atoms with Crippen molar-refractivity contribution in [3.05, 3.63) is 42.0 Å². The molecule has 1 rings (SSSR count). The third-order valence-electron chi connectivity index (χ3n) is 3.29. The van der Waals surface area contributed by atoms with Crippen molar-refractivity contribution < 1.29 is 4.74 Å². The summed E-state index contributed by atoms with van der Waals surface area (Å²) in [6.45, 7) is 8.65. The van der Waals surface area contributed by atoms with Crippen molar-refractivity contribution in [1.82, 2.24) is 0 Å². The van der Waals surface area contributed by atoms with Crippen LogP contribution in [0.3, 0.4) is 0 Å². The van der Waals surface area contributed by atoms with Crippen LogP contribution >= 0.6 is 0 Å². The van der Waals surface area contributed by atoms with E-state index in [-0.39, 0.29) is 6.10 Å². The molecule has 0 bridgehead atoms. The normalized spacial score (nSPS) is 13.1. The van der Waals surface area contributed by atoms with E-state index in [0.29, 0.717) is 5.92 Å². The molecule has 1 atom stereocenters. The van der Waals surface area contributed by atoms with Crippen LogP contribution in [0.2, 0.25) is 0 Å². The molecule has 1 aromatic rings. The van der Waals surface area contributed by atoms with Crippen molar-refractivity contribution in [2.45, 2.75) is 65.9 Å². The maximum Gasteiger partial charge on any atom is 0.119 e. The van der Waals surface area contributed by atoms with Gasteiger partial charge in [-0.1, -0.05) is 51.0 Å². The second-order valence-corrected chi connectivity index (χ2v) is 5.92. The third kappa shape index (κ3) is 7.37. The van der Waals surface area contributed by atoms with E-state index in [2.05, 4.69) is 64.1 Å². The van der Waals surface area contributed by atoms with Gasteiger partial charge in [0, 0.05) is 0 Å². The Bertz CT molecular complexity index is 375. The fourth-order valence-electron chi connectivity index (χ4n) is 2.26. The van der Waals surface area contributed by atoms with Crippen LogP contribution in [0.1, 0.15) is 58.9 Å². The molecule has 0 aliphatic rings. The molecule has 20 heavy (non-hydrogen) atoms. The molecule has 1 nitrogen and oxygen atoms in total. The van der Waals surface area contributed by atoms with Gasteiger partial charge in [0.05, 0.1) is 6.10 Å². The van der Waals surface area contributed by atoms with E-state index >= 15 is 0 Å². The van der Waals surface area contributed by atoms with E-state index in [1.165, 1.54) is 31.2 Å². The minimum absolute atomic E-state index is 0.242. The Kier molecular flexibility index (Phi) is 8.10. The van der Waals surface area contributed by atoms with Crippen LogP contribution in [-0.2, 0) is 6.42 Å². The molecule has 0 saturated heterocycles. The Morgan fingerprint density at radius 3 is 2.35 bits per heavy atom. The van der Waals surface area contributed by atoms with Gasteiger partial charge in [0.15, 0.2) is 0 Å². The molecule has 0 spiro atoms. The average Bonchev–Trinajstić information content (AvgIpc) is 2.40. The molecule has 0 aliphatic carbocycles. The van der Waals surface area contributed by atoms with Crippen LogP contribution in [0.15, 0.2) is 36.4 Å². The summed E-state index contributed by atoms with van der Waals surface area (Å²) in [5.41, 5.74) is 1.38. The van der Waals surface area contributed by atoms with Crippen LogP contribution in [0.5, 0.6) is 5.75 Å². The molecule has 0 aliphatic heterocycles. The van der Waals surface area contributed by atoms with Gasteiger partial charge in [-0.15, -0.1) is 0 Å². The first-order valence-electron chi connectivity index (χ1n) is 8.04. The number of benzene rings is 1. The van der Waals surface area contributed by atoms with E-state index in [1.807, 2.05) is 0 Å². The van der Waals surface area contributed by atoms with Gasteiger partial charge in [-0.25, -0.2) is 0 Å². The highest BCUT2D eigenvalue weighted by Gasteiger charge is 2.01. The summed E-state index contributed by atoms with van der Waals surface area (Å²) >= 11 is 0. The van der Waals surface area contributed by atoms with E-state index in [0.717, 1.165) is 12.2 Å². The highest BCUT2D eigenvalue weighted by Crippen LogP contribution is 2.17. The van der Waals surface area contributed by atoms with Gasteiger partial charge in [0.1, 0.15) is 5.75 Å². The molecule has 1 aromatic carbocycles. The number of rotatable bonds is 9. The Morgan fingerprint density at radius 2 is 1.75 bits per heavy atom. The highest BCUT2D eigenvalue weighted by atomic mass is 16.5. The molecule has 1 unspecified atom stereocenters. The fourth-order valence-corrected chi connectivity index (χ4v) is 2.26. The molecule has 0 N–H and O–H groups in total. The average molecular weight is 274 g/mol. The second-order valence-electron chi connectivity index (χ2n) is 5.92. The van der Waals surface area contributed by atoms with Gasteiger partial charge < -0.3 is 4.74 Å². The zero-order valence-corrected chi connectivity index (χ0v) is 13.6. The van der Waals surface area contributed by atoms with Crippen molar-refractivity contribution in [2.75, 3.05) is 0 Å². The minimum Gasteiger partial charge on any atom is -0.491 e. The first-order chi connectivity index (χ1) is 9.61. The quantitative estimate of drug-likeness (QED) is 0.409. The lowest BCUT2D eigenvalue weighted by atomic mass is 10.00. The SMILES string of the molecule is CCCCC/C=C/C(C)Cc1ccc(OC(C)C)cc1. The predicted molar refractivity (Wildman–Crippen MR) is 88.4 cm³/mol. The fraction of sp³-hybridized carbons (Fsp3) is 0.579. The molecule has 0 fully saturated rings. The second kappa shape index (κ2) is 9.63. The molecule has 0 saturated carbocycles. The van der Waals surface area contributed by atoms with Gasteiger partial charge >= 0.3 is 0 Å². The number of ether oxygens (including phenoxy) is 1. The summed E-state index contributed by atoms with van der Waals surface area (Å²) in [4.78, 5) is 0. The standard InChI is InChI=1S/C19H30O/c1-5-6-7-8-9-10-17(4)15-18-11-13-19(14-12-18)20-16(2)3/h9-14,16-17H,5-8,15H2,1-4H3/b10-9+. The zero-order valence-electron chi connectivity index (χ0n) is 13.6. The summed E-state index contributed by atoms with van der Waals surface area (Å²) < 4.78 is 5.66. The third-order valence-corrected chi connectivity index (χ3v) is 3.29. The number of allylic oxidation sites excluding steroid dienone is 2. The Balaban J connectivity index is 2.36. The van der Waals surface area contributed by atoms with E-state index in [9.17, 15) is 0 Å². The smallest absolute Gasteiger partial charge is 0.119 e. The number of hydrogen-bond acceptors (Lipinski definition) is 1. The summed E-state index contributed by atoms with van der Waals surface area (Å²) in [5, 5.41) is 0. The largest absolute Gasteiger partial charge is 0.491 e. The van der Waals surface area contributed by atoms with Crippen LogP contribution in [0.4, 0.5) is 0 Å². The van der Waals surface area contributed by atoms with Crippen molar-refractivity contribution in [3.63, 3.8) is 0 Å².